The first-order valence-electron chi connectivity index (χ1n) is 6.52. The monoisotopic (exact) mass is 357 g/mol. The van der Waals surface area contributed by atoms with Crippen LogP contribution in [0.15, 0.2) is 28.7 Å². The lowest BCUT2D eigenvalue weighted by molar-refractivity contribution is 0.537. The zero-order chi connectivity index (χ0) is 14.3. The van der Waals surface area contributed by atoms with Gasteiger partial charge in [-0.25, -0.2) is 8.78 Å². The van der Waals surface area contributed by atoms with Crippen LogP contribution in [0.2, 0.25) is 0 Å². The molecule has 1 saturated carbocycles. The van der Waals surface area contributed by atoms with Gasteiger partial charge in [-0.3, -0.25) is 0 Å². The van der Waals surface area contributed by atoms with Gasteiger partial charge in [0.2, 0.25) is 0 Å². The molecule has 0 amide bonds. The SMILES string of the molecule is CNC(c1ccc(-c2cc(F)c(Br)cc2F)s1)C1CC1. The van der Waals surface area contributed by atoms with Crippen molar-refractivity contribution in [3.63, 3.8) is 0 Å². The second-order valence-corrected chi connectivity index (χ2v) is 7.02. The average Bonchev–Trinajstić information content (AvgIpc) is 3.13. The number of hydrogen-bond donors (Lipinski definition) is 1. The summed E-state index contributed by atoms with van der Waals surface area (Å²) < 4.78 is 27.7. The third-order valence-corrected chi connectivity index (χ3v) is 5.42. The average molecular weight is 358 g/mol. The Hall–Kier alpha value is -0.780. The molecule has 2 aromatic rings. The van der Waals surface area contributed by atoms with Gasteiger partial charge in [0.1, 0.15) is 11.6 Å². The first-order valence-corrected chi connectivity index (χ1v) is 8.13. The number of halogens is 3. The van der Waals surface area contributed by atoms with Crippen molar-refractivity contribution < 1.29 is 8.78 Å². The molecule has 1 heterocycles. The van der Waals surface area contributed by atoms with Crippen molar-refractivity contribution in [3.8, 4) is 10.4 Å². The number of thiophene rings is 1. The van der Waals surface area contributed by atoms with Gasteiger partial charge < -0.3 is 5.32 Å². The van der Waals surface area contributed by atoms with Crippen molar-refractivity contribution in [2.45, 2.75) is 18.9 Å². The highest BCUT2D eigenvalue weighted by atomic mass is 79.9. The maximum atomic E-state index is 14.0. The molecular weight excluding hydrogens is 344 g/mol. The van der Waals surface area contributed by atoms with E-state index in [9.17, 15) is 8.78 Å². The van der Waals surface area contributed by atoms with Crippen LogP contribution in [0.5, 0.6) is 0 Å². The second kappa shape index (κ2) is 5.54. The number of nitrogens with one attached hydrogen (secondary N) is 1. The first kappa shape index (κ1) is 14.2. The van der Waals surface area contributed by atoms with E-state index in [1.807, 2.05) is 19.2 Å². The molecule has 1 aromatic heterocycles. The van der Waals surface area contributed by atoms with Gasteiger partial charge in [-0.05, 0) is 66.0 Å². The van der Waals surface area contributed by atoms with Crippen LogP contribution in [0.1, 0.15) is 23.8 Å². The zero-order valence-electron chi connectivity index (χ0n) is 10.9. The summed E-state index contributed by atoms with van der Waals surface area (Å²) in [4.78, 5) is 1.96. The second-order valence-electron chi connectivity index (χ2n) is 5.05. The smallest absolute Gasteiger partial charge is 0.138 e. The summed E-state index contributed by atoms with van der Waals surface area (Å²) >= 11 is 4.53. The quantitative estimate of drug-likeness (QED) is 0.748. The van der Waals surface area contributed by atoms with Crippen molar-refractivity contribution >= 4 is 27.3 Å². The Morgan fingerprint density at radius 3 is 2.65 bits per heavy atom. The molecule has 20 heavy (non-hydrogen) atoms. The summed E-state index contributed by atoms with van der Waals surface area (Å²) in [5.41, 5.74) is 0.326. The summed E-state index contributed by atoms with van der Waals surface area (Å²) in [6.07, 6.45) is 2.47. The van der Waals surface area contributed by atoms with E-state index in [1.165, 1.54) is 41.2 Å². The minimum atomic E-state index is -0.441. The van der Waals surface area contributed by atoms with E-state index in [0.717, 1.165) is 4.88 Å². The molecular formula is C15H14BrF2NS. The lowest BCUT2D eigenvalue weighted by Gasteiger charge is -2.12. The predicted octanol–water partition coefficient (Wildman–Crippen LogP) is 5.13. The molecule has 1 aliphatic carbocycles. The molecule has 1 N–H and O–H groups in total. The van der Waals surface area contributed by atoms with E-state index < -0.39 is 11.6 Å². The Labute approximate surface area is 129 Å². The molecule has 1 nitrogen and oxygen atoms in total. The van der Waals surface area contributed by atoms with E-state index in [4.69, 9.17) is 0 Å². The molecule has 0 spiro atoms. The van der Waals surface area contributed by atoms with Crippen LogP contribution in [0.4, 0.5) is 8.78 Å². The van der Waals surface area contributed by atoms with Crippen LogP contribution in [0, 0.1) is 17.6 Å². The van der Waals surface area contributed by atoms with E-state index in [0.29, 0.717) is 17.5 Å². The van der Waals surface area contributed by atoms with Crippen LogP contribution in [-0.4, -0.2) is 7.05 Å². The number of benzene rings is 1. The Morgan fingerprint density at radius 2 is 2.00 bits per heavy atom. The van der Waals surface area contributed by atoms with Crippen molar-refractivity contribution in [1.29, 1.82) is 0 Å². The van der Waals surface area contributed by atoms with Gasteiger partial charge in [0.05, 0.1) is 4.47 Å². The van der Waals surface area contributed by atoms with Gasteiger partial charge in [0.15, 0.2) is 0 Å². The first-order chi connectivity index (χ1) is 9.60. The largest absolute Gasteiger partial charge is 0.312 e. The highest BCUT2D eigenvalue weighted by Gasteiger charge is 2.32. The minimum Gasteiger partial charge on any atom is -0.312 e. The van der Waals surface area contributed by atoms with Crippen LogP contribution in [0.25, 0.3) is 10.4 Å². The lowest BCUT2D eigenvalue weighted by Crippen LogP contribution is -2.16. The summed E-state index contributed by atoms with van der Waals surface area (Å²) in [5.74, 6) is -0.166. The molecule has 0 bridgehead atoms. The third-order valence-electron chi connectivity index (χ3n) is 3.61. The molecule has 1 fully saturated rings. The van der Waals surface area contributed by atoms with Gasteiger partial charge >= 0.3 is 0 Å². The van der Waals surface area contributed by atoms with E-state index in [2.05, 4.69) is 21.2 Å². The predicted molar refractivity (Wildman–Crippen MR) is 81.9 cm³/mol. The van der Waals surface area contributed by atoms with Gasteiger partial charge in [-0.1, -0.05) is 0 Å². The Kier molecular flexibility index (Phi) is 3.93. The Balaban J connectivity index is 1.95. The Morgan fingerprint density at radius 1 is 1.25 bits per heavy atom. The summed E-state index contributed by atoms with van der Waals surface area (Å²) in [6.45, 7) is 0. The van der Waals surface area contributed by atoms with Crippen LogP contribution in [-0.2, 0) is 0 Å². The van der Waals surface area contributed by atoms with Gasteiger partial charge in [-0.2, -0.15) is 0 Å². The van der Waals surface area contributed by atoms with Crippen molar-refractivity contribution in [1.82, 2.24) is 5.32 Å². The van der Waals surface area contributed by atoms with Crippen molar-refractivity contribution in [2.24, 2.45) is 5.92 Å². The normalized spacial score (nSPS) is 16.4. The lowest BCUT2D eigenvalue weighted by atomic mass is 10.1. The van der Waals surface area contributed by atoms with E-state index in [-0.39, 0.29) is 4.47 Å². The molecule has 1 aromatic carbocycles. The third kappa shape index (κ3) is 2.67. The molecule has 0 saturated heterocycles. The standard InChI is InChI=1S/C15H14BrF2NS/c1-19-15(8-2-3-8)14-5-4-13(20-14)9-6-12(18)10(16)7-11(9)17/h4-8,15,19H,2-3H2,1H3. The molecule has 106 valence electrons. The van der Waals surface area contributed by atoms with E-state index in [1.54, 1.807) is 0 Å². The fourth-order valence-corrected chi connectivity index (χ4v) is 3.96. The molecule has 3 rings (SSSR count). The summed E-state index contributed by atoms with van der Waals surface area (Å²) in [5, 5.41) is 3.32. The molecule has 1 aliphatic rings. The summed E-state index contributed by atoms with van der Waals surface area (Å²) in [6, 6.07) is 6.65. The topological polar surface area (TPSA) is 12.0 Å². The highest BCUT2D eigenvalue weighted by molar-refractivity contribution is 9.10. The fourth-order valence-electron chi connectivity index (χ4n) is 2.42. The summed E-state index contributed by atoms with van der Waals surface area (Å²) in [7, 11) is 1.95. The molecule has 1 atom stereocenters. The molecule has 0 radical (unpaired) electrons. The van der Waals surface area contributed by atoms with E-state index >= 15 is 0 Å². The van der Waals surface area contributed by atoms with Crippen LogP contribution >= 0.6 is 27.3 Å². The minimum absolute atomic E-state index is 0.154. The van der Waals surface area contributed by atoms with Gasteiger partial charge in [0.25, 0.3) is 0 Å². The molecule has 5 heteroatoms. The van der Waals surface area contributed by atoms with Crippen molar-refractivity contribution in [2.75, 3.05) is 7.05 Å². The highest BCUT2D eigenvalue weighted by Crippen LogP contribution is 2.44. The zero-order valence-corrected chi connectivity index (χ0v) is 13.3. The van der Waals surface area contributed by atoms with Gasteiger partial charge in [0, 0.05) is 21.4 Å². The molecule has 0 aliphatic heterocycles. The van der Waals surface area contributed by atoms with Crippen molar-refractivity contribution in [3.05, 3.63) is 45.2 Å². The maximum Gasteiger partial charge on any atom is 0.138 e. The number of rotatable bonds is 4. The molecule has 1 unspecified atom stereocenters. The maximum absolute atomic E-state index is 14.0. The van der Waals surface area contributed by atoms with Crippen LogP contribution < -0.4 is 5.32 Å². The number of hydrogen-bond acceptors (Lipinski definition) is 2. The Bertz CT molecular complexity index is 637. The fraction of sp³-hybridized carbons (Fsp3) is 0.333. The van der Waals surface area contributed by atoms with Crippen LogP contribution in [0.3, 0.4) is 0 Å². The van der Waals surface area contributed by atoms with Gasteiger partial charge in [-0.15, -0.1) is 11.3 Å².